The molecule has 0 aliphatic heterocycles. The van der Waals surface area contributed by atoms with E-state index in [-0.39, 0.29) is 4.90 Å². The average Bonchev–Trinajstić information content (AvgIpc) is 2.56. The van der Waals surface area contributed by atoms with E-state index >= 15 is 0 Å². The van der Waals surface area contributed by atoms with Crippen molar-refractivity contribution >= 4 is 27.2 Å². The molecule has 0 saturated carbocycles. The van der Waals surface area contributed by atoms with Crippen LogP contribution in [0.3, 0.4) is 0 Å². The Balaban J connectivity index is 1.74. The van der Waals surface area contributed by atoms with Crippen molar-refractivity contribution in [1.82, 2.24) is 4.98 Å². The van der Waals surface area contributed by atoms with Gasteiger partial charge in [0.2, 0.25) is 0 Å². The van der Waals surface area contributed by atoms with Crippen LogP contribution in [-0.4, -0.2) is 13.4 Å². The highest BCUT2D eigenvalue weighted by Crippen LogP contribution is 2.20. The van der Waals surface area contributed by atoms with Gasteiger partial charge in [-0.2, -0.15) is 0 Å². The third kappa shape index (κ3) is 4.37. The Bertz CT molecular complexity index is 997. The van der Waals surface area contributed by atoms with Crippen molar-refractivity contribution in [3.05, 3.63) is 77.7 Å². The summed E-state index contributed by atoms with van der Waals surface area (Å²) in [6.45, 7) is 4.03. The van der Waals surface area contributed by atoms with Gasteiger partial charge in [0, 0.05) is 5.69 Å². The first-order valence-electron chi connectivity index (χ1n) is 7.92. The topological polar surface area (TPSA) is 71.1 Å². The number of benzene rings is 2. The van der Waals surface area contributed by atoms with Gasteiger partial charge in [-0.15, -0.1) is 0 Å². The van der Waals surface area contributed by atoms with Crippen molar-refractivity contribution in [1.29, 1.82) is 0 Å². The van der Waals surface area contributed by atoms with Crippen LogP contribution in [0.2, 0.25) is 0 Å². The summed E-state index contributed by atoms with van der Waals surface area (Å²) < 4.78 is 39.9. The van der Waals surface area contributed by atoms with Crippen molar-refractivity contribution in [2.24, 2.45) is 0 Å². The Hall–Kier alpha value is -2.93. The SMILES string of the molecule is Cc1cc(C)cc(Nc2ccc(NS(=O)(=O)c3ccc(F)cc3)cn2)c1. The van der Waals surface area contributed by atoms with E-state index in [2.05, 4.69) is 21.1 Å². The number of aryl methyl sites for hydroxylation is 2. The van der Waals surface area contributed by atoms with Crippen LogP contribution in [-0.2, 0) is 10.0 Å². The second-order valence-corrected chi connectivity index (χ2v) is 7.68. The first-order chi connectivity index (χ1) is 12.3. The lowest BCUT2D eigenvalue weighted by atomic mass is 10.1. The third-order valence-electron chi connectivity index (χ3n) is 3.63. The van der Waals surface area contributed by atoms with E-state index < -0.39 is 15.8 Å². The second kappa shape index (κ2) is 7.13. The summed E-state index contributed by atoms with van der Waals surface area (Å²) in [7, 11) is -3.79. The lowest BCUT2D eigenvalue weighted by Crippen LogP contribution is -2.13. The van der Waals surface area contributed by atoms with Gasteiger partial charge >= 0.3 is 0 Å². The molecule has 0 bridgehead atoms. The predicted molar refractivity (Wildman–Crippen MR) is 101 cm³/mol. The predicted octanol–water partition coefficient (Wildman–Crippen LogP) is 4.38. The van der Waals surface area contributed by atoms with Gasteiger partial charge < -0.3 is 5.32 Å². The molecule has 0 aliphatic carbocycles. The number of sulfonamides is 1. The van der Waals surface area contributed by atoms with Crippen LogP contribution in [0.25, 0.3) is 0 Å². The van der Waals surface area contributed by atoms with Gasteiger partial charge in [0.1, 0.15) is 11.6 Å². The zero-order chi connectivity index (χ0) is 18.7. The van der Waals surface area contributed by atoms with Gasteiger partial charge in [-0.25, -0.2) is 17.8 Å². The van der Waals surface area contributed by atoms with Crippen LogP contribution >= 0.6 is 0 Å². The van der Waals surface area contributed by atoms with Crippen molar-refractivity contribution in [3.8, 4) is 0 Å². The summed E-state index contributed by atoms with van der Waals surface area (Å²) in [5.74, 6) is 0.104. The van der Waals surface area contributed by atoms with E-state index in [1.54, 1.807) is 12.1 Å². The fourth-order valence-electron chi connectivity index (χ4n) is 2.55. The number of hydrogen-bond acceptors (Lipinski definition) is 4. The second-order valence-electron chi connectivity index (χ2n) is 5.99. The van der Waals surface area contributed by atoms with E-state index in [0.717, 1.165) is 28.9 Å². The van der Waals surface area contributed by atoms with Crippen molar-refractivity contribution < 1.29 is 12.8 Å². The van der Waals surface area contributed by atoms with Gasteiger partial charge in [-0.05, 0) is 73.5 Å². The molecule has 0 aliphatic rings. The minimum Gasteiger partial charge on any atom is -0.340 e. The number of hydrogen-bond donors (Lipinski definition) is 2. The molecule has 26 heavy (non-hydrogen) atoms. The Kier molecular flexibility index (Phi) is 4.90. The summed E-state index contributed by atoms with van der Waals surface area (Å²) >= 11 is 0. The Labute approximate surface area is 152 Å². The first kappa shape index (κ1) is 17.9. The molecule has 0 amide bonds. The zero-order valence-corrected chi connectivity index (χ0v) is 15.1. The fraction of sp³-hybridized carbons (Fsp3) is 0.105. The number of rotatable bonds is 5. The van der Waals surface area contributed by atoms with Crippen molar-refractivity contribution in [2.45, 2.75) is 18.7 Å². The molecule has 3 aromatic rings. The Morgan fingerprint density at radius 2 is 1.54 bits per heavy atom. The molecule has 2 N–H and O–H groups in total. The summed E-state index contributed by atoms with van der Waals surface area (Å²) in [5, 5.41) is 3.18. The molecule has 0 fully saturated rings. The van der Waals surface area contributed by atoms with Crippen LogP contribution in [0.5, 0.6) is 0 Å². The first-order valence-corrected chi connectivity index (χ1v) is 9.40. The van der Waals surface area contributed by atoms with E-state index in [9.17, 15) is 12.8 Å². The number of nitrogens with one attached hydrogen (secondary N) is 2. The fourth-order valence-corrected chi connectivity index (χ4v) is 3.59. The van der Waals surface area contributed by atoms with Crippen LogP contribution < -0.4 is 10.0 Å². The van der Waals surface area contributed by atoms with Crippen LogP contribution in [0, 0.1) is 19.7 Å². The molecule has 1 heterocycles. The maximum absolute atomic E-state index is 12.9. The van der Waals surface area contributed by atoms with Gasteiger partial charge in [0.05, 0.1) is 16.8 Å². The van der Waals surface area contributed by atoms with E-state index in [1.165, 1.54) is 18.3 Å². The largest absolute Gasteiger partial charge is 0.340 e. The molecule has 0 unspecified atom stereocenters. The zero-order valence-electron chi connectivity index (χ0n) is 14.3. The standard InChI is InChI=1S/C19H18FN3O2S/c1-13-9-14(2)11-17(10-13)22-19-8-5-16(12-21-19)23-26(24,25)18-6-3-15(20)4-7-18/h3-12,23H,1-2H3,(H,21,22). The van der Waals surface area contributed by atoms with Crippen molar-refractivity contribution in [3.63, 3.8) is 0 Å². The molecule has 0 spiro atoms. The van der Waals surface area contributed by atoms with Crippen LogP contribution in [0.4, 0.5) is 21.6 Å². The van der Waals surface area contributed by atoms with E-state index in [1.807, 2.05) is 26.0 Å². The van der Waals surface area contributed by atoms with Gasteiger partial charge in [-0.1, -0.05) is 6.07 Å². The summed E-state index contributed by atoms with van der Waals surface area (Å²) in [4.78, 5) is 4.21. The number of anilines is 3. The molecule has 1 aromatic heterocycles. The Morgan fingerprint density at radius 1 is 0.885 bits per heavy atom. The quantitative estimate of drug-likeness (QED) is 0.698. The number of nitrogens with zero attached hydrogens (tertiary/aromatic N) is 1. The van der Waals surface area contributed by atoms with Crippen molar-refractivity contribution in [2.75, 3.05) is 10.0 Å². The average molecular weight is 371 g/mol. The van der Waals surface area contributed by atoms with Crippen LogP contribution in [0.1, 0.15) is 11.1 Å². The minimum atomic E-state index is -3.79. The molecule has 2 aromatic carbocycles. The number of halogens is 1. The highest BCUT2D eigenvalue weighted by atomic mass is 32.2. The van der Waals surface area contributed by atoms with Gasteiger partial charge in [0.25, 0.3) is 10.0 Å². The molecule has 0 radical (unpaired) electrons. The number of aromatic nitrogens is 1. The monoisotopic (exact) mass is 371 g/mol. The molecule has 5 nitrogen and oxygen atoms in total. The summed E-state index contributed by atoms with van der Waals surface area (Å²) in [6.07, 6.45) is 1.42. The molecule has 0 saturated heterocycles. The molecular weight excluding hydrogens is 353 g/mol. The van der Waals surface area contributed by atoms with Gasteiger partial charge in [-0.3, -0.25) is 4.72 Å². The molecule has 7 heteroatoms. The van der Waals surface area contributed by atoms with E-state index in [0.29, 0.717) is 11.5 Å². The molecular formula is C19H18FN3O2S. The smallest absolute Gasteiger partial charge is 0.261 e. The van der Waals surface area contributed by atoms with Gasteiger partial charge in [0.15, 0.2) is 0 Å². The molecule has 3 rings (SSSR count). The lowest BCUT2D eigenvalue weighted by molar-refractivity contribution is 0.599. The lowest BCUT2D eigenvalue weighted by Gasteiger charge is -2.10. The highest BCUT2D eigenvalue weighted by molar-refractivity contribution is 7.92. The number of pyridine rings is 1. The highest BCUT2D eigenvalue weighted by Gasteiger charge is 2.14. The summed E-state index contributed by atoms with van der Waals surface area (Å²) in [5.41, 5.74) is 3.50. The summed E-state index contributed by atoms with van der Waals surface area (Å²) in [6, 6.07) is 14.0. The van der Waals surface area contributed by atoms with Crippen LogP contribution in [0.15, 0.2) is 65.7 Å². The maximum atomic E-state index is 12.9. The minimum absolute atomic E-state index is 0.0173. The maximum Gasteiger partial charge on any atom is 0.261 e. The van der Waals surface area contributed by atoms with E-state index in [4.69, 9.17) is 0 Å². The Morgan fingerprint density at radius 3 is 2.12 bits per heavy atom. The normalized spacial score (nSPS) is 11.2. The molecule has 134 valence electrons. The third-order valence-corrected chi connectivity index (χ3v) is 5.03. The molecule has 0 atom stereocenters.